The van der Waals surface area contributed by atoms with Crippen LogP contribution in [0.1, 0.15) is 56.6 Å². The molecule has 3 fully saturated rings. The van der Waals surface area contributed by atoms with Gasteiger partial charge in [0.1, 0.15) is 11.9 Å². The minimum absolute atomic E-state index is 0.0707. The molecule has 6 heteroatoms. The molecular formula is C20H26FN3O2. The molecule has 2 saturated carbocycles. The highest BCUT2D eigenvalue weighted by Gasteiger charge is 2.51. The monoisotopic (exact) mass is 359 g/mol. The fourth-order valence-electron chi connectivity index (χ4n) is 4.57. The van der Waals surface area contributed by atoms with E-state index >= 15 is 0 Å². The molecule has 2 aliphatic carbocycles. The third-order valence-corrected chi connectivity index (χ3v) is 6.19. The summed E-state index contributed by atoms with van der Waals surface area (Å²) < 4.78 is 13.2. The summed E-state index contributed by atoms with van der Waals surface area (Å²) >= 11 is 0. The molecule has 1 heterocycles. The van der Waals surface area contributed by atoms with Gasteiger partial charge in [0.05, 0.1) is 0 Å². The van der Waals surface area contributed by atoms with Gasteiger partial charge >= 0.3 is 6.03 Å². The van der Waals surface area contributed by atoms with Crippen molar-refractivity contribution in [1.29, 1.82) is 0 Å². The van der Waals surface area contributed by atoms with E-state index in [1.54, 1.807) is 17.0 Å². The molecule has 0 aromatic heterocycles. The molecule has 0 spiro atoms. The van der Waals surface area contributed by atoms with E-state index in [1.807, 2.05) is 0 Å². The molecule has 3 amide bonds. The van der Waals surface area contributed by atoms with Crippen molar-refractivity contribution in [3.63, 3.8) is 0 Å². The van der Waals surface area contributed by atoms with Crippen molar-refractivity contribution in [2.45, 2.75) is 56.5 Å². The number of carbonyl (C=O) groups excluding carboxylic acids is 2. The minimum Gasteiger partial charge on any atom is -0.352 e. The summed E-state index contributed by atoms with van der Waals surface area (Å²) in [4.78, 5) is 27.1. The lowest BCUT2D eigenvalue weighted by atomic mass is 9.82. The zero-order valence-electron chi connectivity index (χ0n) is 15.0. The molecule has 1 saturated heterocycles. The van der Waals surface area contributed by atoms with Crippen LogP contribution in [0.4, 0.5) is 9.18 Å². The van der Waals surface area contributed by atoms with Crippen LogP contribution in [0.15, 0.2) is 24.3 Å². The largest absolute Gasteiger partial charge is 0.352 e. The van der Waals surface area contributed by atoms with Crippen LogP contribution < -0.4 is 10.6 Å². The van der Waals surface area contributed by atoms with E-state index in [1.165, 1.54) is 44.2 Å². The van der Waals surface area contributed by atoms with Gasteiger partial charge < -0.3 is 15.5 Å². The number of hydrogen-bond acceptors (Lipinski definition) is 2. The van der Waals surface area contributed by atoms with Crippen LogP contribution in [0, 0.1) is 11.7 Å². The number of hydrogen-bond donors (Lipinski definition) is 2. The van der Waals surface area contributed by atoms with Gasteiger partial charge in [-0.1, -0.05) is 31.4 Å². The quantitative estimate of drug-likeness (QED) is 0.871. The standard InChI is InChI=1S/C20H26FN3O2/c21-16-8-6-14(7-9-16)17-18(25)22-12-13-24(17)19(26)23-20(10-11-20)15-4-2-1-3-5-15/h6-9,15,17H,1-5,10-13H2,(H,22,25)(H,23,26)/t17-/m1/s1. The first-order chi connectivity index (χ1) is 12.6. The number of urea groups is 1. The number of rotatable bonds is 3. The molecule has 1 atom stereocenters. The lowest BCUT2D eigenvalue weighted by Gasteiger charge is -2.38. The van der Waals surface area contributed by atoms with E-state index in [2.05, 4.69) is 10.6 Å². The number of nitrogens with zero attached hydrogens (tertiary/aromatic N) is 1. The lowest BCUT2D eigenvalue weighted by molar-refractivity contribution is -0.127. The molecule has 0 bridgehead atoms. The molecule has 1 aromatic rings. The molecular weight excluding hydrogens is 333 g/mol. The van der Waals surface area contributed by atoms with E-state index in [-0.39, 0.29) is 23.3 Å². The third-order valence-electron chi connectivity index (χ3n) is 6.19. The maximum Gasteiger partial charge on any atom is 0.318 e. The van der Waals surface area contributed by atoms with Gasteiger partial charge in [0.25, 0.3) is 0 Å². The molecule has 5 nitrogen and oxygen atoms in total. The molecule has 0 radical (unpaired) electrons. The van der Waals surface area contributed by atoms with E-state index in [0.717, 1.165) is 12.8 Å². The number of carbonyl (C=O) groups is 2. The minimum atomic E-state index is -0.702. The van der Waals surface area contributed by atoms with Crippen molar-refractivity contribution in [3.05, 3.63) is 35.6 Å². The Labute approximate surface area is 153 Å². The fourth-order valence-corrected chi connectivity index (χ4v) is 4.57. The van der Waals surface area contributed by atoms with Gasteiger partial charge in [-0.2, -0.15) is 0 Å². The molecule has 2 N–H and O–H groups in total. The Balaban J connectivity index is 1.51. The van der Waals surface area contributed by atoms with Crippen molar-refractivity contribution < 1.29 is 14.0 Å². The Morgan fingerprint density at radius 3 is 2.50 bits per heavy atom. The number of amides is 3. The zero-order chi connectivity index (χ0) is 18.1. The second-order valence-corrected chi connectivity index (χ2v) is 7.86. The summed E-state index contributed by atoms with van der Waals surface area (Å²) in [5, 5.41) is 6.09. The number of nitrogens with one attached hydrogen (secondary N) is 2. The Bertz CT molecular complexity index is 681. The van der Waals surface area contributed by atoms with Crippen LogP contribution in [-0.2, 0) is 4.79 Å². The van der Waals surface area contributed by atoms with Gasteiger partial charge in [0.15, 0.2) is 0 Å². The number of benzene rings is 1. The highest BCUT2D eigenvalue weighted by molar-refractivity contribution is 5.89. The summed E-state index contributed by atoms with van der Waals surface area (Å²) in [6.07, 6.45) is 8.21. The fraction of sp³-hybridized carbons (Fsp3) is 0.600. The van der Waals surface area contributed by atoms with Gasteiger partial charge in [-0.05, 0) is 49.3 Å². The molecule has 1 aromatic carbocycles. The number of halogens is 1. The van der Waals surface area contributed by atoms with Crippen molar-refractivity contribution in [1.82, 2.24) is 15.5 Å². The van der Waals surface area contributed by atoms with Gasteiger partial charge in [-0.25, -0.2) is 9.18 Å². The summed E-state index contributed by atoms with van der Waals surface area (Å²) in [5.74, 6) is -0.00110. The van der Waals surface area contributed by atoms with Gasteiger partial charge in [0.2, 0.25) is 5.91 Å². The van der Waals surface area contributed by atoms with Crippen molar-refractivity contribution in [3.8, 4) is 0 Å². The predicted octanol–water partition coefficient (Wildman–Crippen LogP) is 3.12. The van der Waals surface area contributed by atoms with Crippen LogP contribution in [0.3, 0.4) is 0 Å². The molecule has 26 heavy (non-hydrogen) atoms. The summed E-state index contributed by atoms with van der Waals surface area (Å²) in [7, 11) is 0. The highest BCUT2D eigenvalue weighted by atomic mass is 19.1. The Morgan fingerprint density at radius 2 is 1.85 bits per heavy atom. The Morgan fingerprint density at radius 1 is 1.15 bits per heavy atom. The van der Waals surface area contributed by atoms with Gasteiger partial charge in [-0.3, -0.25) is 4.79 Å². The Hall–Kier alpha value is -2.11. The van der Waals surface area contributed by atoms with Crippen molar-refractivity contribution >= 4 is 11.9 Å². The van der Waals surface area contributed by atoms with Crippen LogP contribution in [0.5, 0.6) is 0 Å². The van der Waals surface area contributed by atoms with Crippen molar-refractivity contribution in [2.24, 2.45) is 5.92 Å². The normalized spacial score (nSPS) is 25.5. The van der Waals surface area contributed by atoms with Gasteiger partial charge in [-0.15, -0.1) is 0 Å². The van der Waals surface area contributed by atoms with E-state index in [9.17, 15) is 14.0 Å². The number of piperazine rings is 1. The van der Waals surface area contributed by atoms with Crippen molar-refractivity contribution in [2.75, 3.05) is 13.1 Å². The van der Waals surface area contributed by atoms with E-state index in [4.69, 9.17) is 0 Å². The average molecular weight is 359 g/mol. The SMILES string of the molecule is O=C1NCCN(C(=O)NC2(C3CCCCC3)CC2)[C@@H]1c1ccc(F)cc1. The first kappa shape index (κ1) is 17.3. The molecule has 1 aliphatic heterocycles. The first-order valence-corrected chi connectivity index (χ1v) is 9.71. The highest BCUT2D eigenvalue weighted by Crippen LogP contribution is 2.48. The van der Waals surface area contributed by atoms with Gasteiger partial charge in [0, 0.05) is 18.6 Å². The third kappa shape index (κ3) is 3.29. The zero-order valence-corrected chi connectivity index (χ0v) is 15.0. The lowest BCUT2D eigenvalue weighted by Crippen LogP contribution is -2.57. The summed E-state index contributed by atoms with van der Waals surface area (Å²) in [6.45, 7) is 0.904. The Kier molecular flexibility index (Phi) is 4.59. The molecule has 0 unspecified atom stereocenters. The summed E-state index contributed by atoms with van der Waals surface area (Å²) in [5.41, 5.74) is 0.569. The maximum absolute atomic E-state index is 13.2. The van der Waals surface area contributed by atoms with Crippen LogP contribution >= 0.6 is 0 Å². The topological polar surface area (TPSA) is 61.4 Å². The second-order valence-electron chi connectivity index (χ2n) is 7.86. The average Bonchev–Trinajstić information content (AvgIpc) is 3.44. The van der Waals surface area contributed by atoms with Crippen LogP contribution in [0.2, 0.25) is 0 Å². The maximum atomic E-state index is 13.2. The first-order valence-electron chi connectivity index (χ1n) is 9.71. The molecule has 3 aliphatic rings. The molecule has 4 rings (SSSR count). The van der Waals surface area contributed by atoms with Crippen LogP contribution in [0.25, 0.3) is 0 Å². The second kappa shape index (κ2) is 6.89. The van der Waals surface area contributed by atoms with E-state index in [0.29, 0.717) is 24.6 Å². The van der Waals surface area contributed by atoms with E-state index < -0.39 is 6.04 Å². The summed E-state index contributed by atoms with van der Waals surface area (Å²) in [6, 6.07) is 4.96. The predicted molar refractivity (Wildman–Crippen MR) is 95.9 cm³/mol. The van der Waals surface area contributed by atoms with Crippen LogP contribution in [-0.4, -0.2) is 35.5 Å². The molecule has 140 valence electrons. The smallest absolute Gasteiger partial charge is 0.318 e.